The van der Waals surface area contributed by atoms with Gasteiger partial charge >= 0.3 is 0 Å². The fourth-order valence-corrected chi connectivity index (χ4v) is 3.55. The Morgan fingerprint density at radius 2 is 2.07 bits per heavy atom. The highest BCUT2D eigenvalue weighted by atomic mass is 32.2. The van der Waals surface area contributed by atoms with Gasteiger partial charge < -0.3 is 10.1 Å². The maximum absolute atomic E-state index is 14.4. The molecule has 29 heavy (non-hydrogen) atoms. The number of nitriles is 1. The summed E-state index contributed by atoms with van der Waals surface area (Å²) in [6, 6.07) is 11.3. The molecule has 6 nitrogen and oxygen atoms in total. The van der Waals surface area contributed by atoms with E-state index in [2.05, 4.69) is 19.6 Å². The Morgan fingerprint density at radius 1 is 1.24 bits per heavy atom. The van der Waals surface area contributed by atoms with Gasteiger partial charge in [0.2, 0.25) is 12.1 Å². The Balaban J connectivity index is 1.90. The first-order valence-corrected chi connectivity index (χ1v) is 10.2. The summed E-state index contributed by atoms with van der Waals surface area (Å²) in [6.07, 6.45) is 4.75. The molecule has 148 valence electrons. The maximum atomic E-state index is 14.4. The fraction of sp³-hybridized carbons (Fsp3) is 0.150. The maximum Gasteiger partial charge on any atom is 0.227 e. The number of hydrogen-bond acceptors (Lipinski definition) is 6. The summed E-state index contributed by atoms with van der Waals surface area (Å²) >= 11 is 0. The van der Waals surface area contributed by atoms with Crippen LogP contribution in [0.2, 0.25) is 0 Å². The SMILES string of the molecule is COc1cc(F)ccc1-c1nc(Nc2cccc(CS(C)=NC#N)c2)ncc1F. The molecular weight excluding hydrogens is 396 g/mol. The number of hydrogen-bond donors (Lipinski definition) is 1. The molecule has 0 bridgehead atoms. The summed E-state index contributed by atoms with van der Waals surface area (Å²) < 4.78 is 36.8. The predicted molar refractivity (Wildman–Crippen MR) is 109 cm³/mol. The van der Waals surface area contributed by atoms with Crippen molar-refractivity contribution in [2.24, 2.45) is 4.36 Å². The molecule has 1 N–H and O–H groups in total. The van der Waals surface area contributed by atoms with Crippen LogP contribution in [0.25, 0.3) is 11.3 Å². The van der Waals surface area contributed by atoms with E-state index in [4.69, 9.17) is 10.00 Å². The Bertz CT molecular complexity index is 1110. The van der Waals surface area contributed by atoms with Crippen LogP contribution >= 0.6 is 0 Å². The topological polar surface area (TPSA) is 83.2 Å². The van der Waals surface area contributed by atoms with Crippen LogP contribution in [0.4, 0.5) is 20.4 Å². The normalized spacial score (nSPS) is 11.7. The van der Waals surface area contributed by atoms with Crippen LogP contribution in [0.5, 0.6) is 5.75 Å². The number of halogens is 2. The summed E-state index contributed by atoms with van der Waals surface area (Å²) in [5.41, 5.74) is 2.01. The first-order valence-electron chi connectivity index (χ1n) is 8.45. The van der Waals surface area contributed by atoms with E-state index in [9.17, 15) is 8.78 Å². The van der Waals surface area contributed by atoms with E-state index in [-0.39, 0.29) is 17.4 Å². The van der Waals surface area contributed by atoms with Crippen molar-refractivity contribution < 1.29 is 13.5 Å². The van der Waals surface area contributed by atoms with Gasteiger partial charge in [0.15, 0.2) is 5.82 Å². The van der Waals surface area contributed by atoms with Gasteiger partial charge in [0.25, 0.3) is 0 Å². The van der Waals surface area contributed by atoms with Gasteiger partial charge in [-0.2, -0.15) is 9.62 Å². The van der Waals surface area contributed by atoms with Gasteiger partial charge in [0.1, 0.15) is 17.3 Å². The zero-order valence-electron chi connectivity index (χ0n) is 15.7. The molecule has 0 aliphatic rings. The van der Waals surface area contributed by atoms with Crippen molar-refractivity contribution in [1.82, 2.24) is 9.97 Å². The number of methoxy groups -OCH3 is 1. The van der Waals surface area contributed by atoms with Gasteiger partial charge in [-0.05, 0) is 36.1 Å². The van der Waals surface area contributed by atoms with E-state index in [0.29, 0.717) is 17.0 Å². The molecule has 0 saturated heterocycles. The molecule has 0 fully saturated rings. The molecule has 1 heterocycles. The van der Waals surface area contributed by atoms with Gasteiger partial charge in [0, 0.05) is 23.1 Å². The average Bonchev–Trinajstić information content (AvgIpc) is 2.70. The predicted octanol–water partition coefficient (Wildman–Crippen LogP) is 4.59. The molecule has 0 aliphatic heterocycles. The fourth-order valence-electron chi connectivity index (χ4n) is 2.69. The minimum atomic E-state index is -0.651. The monoisotopic (exact) mass is 413 g/mol. The third-order valence-electron chi connectivity index (χ3n) is 3.92. The van der Waals surface area contributed by atoms with Gasteiger partial charge in [-0.25, -0.2) is 18.7 Å². The Labute approximate surface area is 169 Å². The summed E-state index contributed by atoms with van der Waals surface area (Å²) in [5.74, 6) is -0.157. The second kappa shape index (κ2) is 9.21. The highest BCUT2D eigenvalue weighted by molar-refractivity contribution is 7.85. The quantitative estimate of drug-likeness (QED) is 0.598. The van der Waals surface area contributed by atoms with Crippen LogP contribution in [0.3, 0.4) is 0 Å². The highest BCUT2D eigenvalue weighted by Crippen LogP contribution is 2.31. The molecule has 0 radical (unpaired) electrons. The van der Waals surface area contributed by atoms with E-state index >= 15 is 0 Å². The number of nitrogens with zero attached hydrogens (tertiary/aromatic N) is 4. The van der Waals surface area contributed by atoms with E-state index in [0.717, 1.165) is 11.8 Å². The molecule has 0 spiro atoms. The lowest BCUT2D eigenvalue weighted by atomic mass is 10.1. The van der Waals surface area contributed by atoms with Gasteiger partial charge in [-0.3, -0.25) is 0 Å². The van der Waals surface area contributed by atoms with Crippen LogP contribution < -0.4 is 10.1 Å². The number of rotatable bonds is 6. The molecule has 0 aliphatic carbocycles. The first-order chi connectivity index (χ1) is 14.0. The van der Waals surface area contributed by atoms with Crippen molar-refractivity contribution in [1.29, 1.82) is 5.26 Å². The molecule has 0 saturated carbocycles. The van der Waals surface area contributed by atoms with E-state index < -0.39 is 22.3 Å². The van der Waals surface area contributed by atoms with Crippen LogP contribution in [0.1, 0.15) is 5.56 Å². The smallest absolute Gasteiger partial charge is 0.227 e. The molecule has 1 atom stereocenters. The van der Waals surface area contributed by atoms with Crippen molar-refractivity contribution in [3.8, 4) is 23.2 Å². The molecular formula is C20H17F2N5OS. The summed E-state index contributed by atoms with van der Waals surface area (Å²) in [7, 11) is 0.975. The summed E-state index contributed by atoms with van der Waals surface area (Å²) in [5, 5.41) is 11.7. The van der Waals surface area contributed by atoms with Gasteiger partial charge in [0.05, 0.1) is 13.3 Å². The Kier molecular flexibility index (Phi) is 6.46. The van der Waals surface area contributed by atoms with E-state index in [1.807, 2.05) is 36.7 Å². The molecule has 3 rings (SSSR count). The second-order valence-corrected chi connectivity index (χ2v) is 7.67. The number of aromatic nitrogens is 2. The number of ether oxygens (including phenoxy) is 1. The van der Waals surface area contributed by atoms with Crippen molar-refractivity contribution >= 4 is 22.3 Å². The lowest BCUT2D eigenvalue weighted by molar-refractivity contribution is 0.412. The molecule has 1 aromatic heterocycles. The Morgan fingerprint density at radius 3 is 2.83 bits per heavy atom. The molecule has 9 heteroatoms. The van der Waals surface area contributed by atoms with Gasteiger partial charge in [-0.15, -0.1) is 0 Å². The summed E-state index contributed by atoms with van der Waals surface area (Å²) in [6.45, 7) is 0. The third kappa shape index (κ3) is 5.12. The van der Waals surface area contributed by atoms with Crippen molar-refractivity contribution in [2.45, 2.75) is 5.75 Å². The number of benzene rings is 2. The lowest BCUT2D eigenvalue weighted by Gasteiger charge is -2.11. The first kappa shape index (κ1) is 20.4. The minimum Gasteiger partial charge on any atom is -0.496 e. The molecule has 1 unspecified atom stereocenters. The Hall–Kier alpha value is -3.38. The lowest BCUT2D eigenvalue weighted by Crippen LogP contribution is -2.02. The molecule has 3 aromatic rings. The largest absolute Gasteiger partial charge is 0.496 e. The highest BCUT2D eigenvalue weighted by Gasteiger charge is 2.15. The minimum absolute atomic E-state index is 0.00146. The van der Waals surface area contributed by atoms with Crippen LogP contribution in [0, 0.1) is 23.1 Å². The average molecular weight is 413 g/mol. The zero-order chi connectivity index (χ0) is 20.8. The van der Waals surface area contributed by atoms with Crippen LogP contribution in [-0.4, -0.2) is 23.3 Å². The summed E-state index contributed by atoms with van der Waals surface area (Å²) in [4.78, 5) is 8.22. The number of nitrogens with one attached hydrogen (secondary N) is 1. The van der Waals surface area contributed by atoms with E-state index in [1.54, 1.807) is 0 Å². The number of anilines is 2. The van der Waals surface area contributed by atoms with Crippen LogP contribution in [0.15, 0.2) is 53.0 Å². The second-order valence-electron chi connectivity index (χ2n) is 6.00. The zero-order valence-corrected chi connectivity index (χ0v) is 16.5. The van der Waals surface area contributed by atoms with E-state index in [1.165, 1.54) is 25.3 Å². The molecule has 0 amide bonds. The third-order valence-corrected chi connectivity index (χ3v) is 5.06. The standard InChI is InChI=1S/C20H17F2N5OS/c1-28-18-9-14(21)6-7-16(18)19-17(22)10-24-20(27-19)26-15-5-3-4-13(8-15)11-29(2)25-12-23/h3-10H,11H2,1-2H3,(H,24,26,27). The van der Waals surface area contributed by atoms with Crippen molar-refractivity contribution in [3.05, 3.63) is 65.9 Å². The molecule has 2 aromatic carbocycles. The van der Waals surface area contributed by atoms with Crippen molar-refractivity contribution in [2.75, 3.05) is 18.7 Å². The van der Waals surface area contributed by atoms with Crippen molar-refractivity contribution in [3.63, 3.8) is 0 Å². The van der Waals surface area contributed by atoms with Crippen LogP contribution in [-0.2, 0) is 16.4 Å². The van der Waals surface area contributed by atoms with Gasteiger partial charge in [-0.1, -0.05) is 22.8 Å².